The van der Waals surface area contributed by atoms with Gasteiger partial charge in [0.15, 0.2) is 0 Å². The van der Waals surface area contributed by atoms with Gasteiger partial charge in [0, 0.05) is 17.6 Å². The first-order valence-corrected chi connectivity index (χ1v) is 7.51. The molecule has 5 nitrogen and oxygen atoms in total. The molecule has 0 saturated carbocycles. The van der Waals surface area contributed by atoms with E-state index in [-0.39, 0.29) is 37.0 Å². The molecule has 2 unspecified atom stereocenters. The van der Waals surface area contributed by atoms with Crippen molar-refractivity contribution in [2.75, 3.05) is 31.6 Å². The average molecular weight is 361 g/mol. The predicted molar refractivity (Wildman–Crippen MR) is 80.6 cm³/mol. The minimum Gasteiger partial charge on any atom is -0.394 e. The molecule has 7 heteroatoms. The first-order valence-electron chi connectivity index (χ1n) is 6.71. The summed E-state index contributed by atoms with van der Waals surface area (Å²) in [4.78, 5) is 13.9. The van der Waals surface area contributed by atoms with Gasteiger partial charge in [-0.05, 0) is 25.1 Å². The third-order valence-corrected chi connectivity index (χ3v) is 3.67. The second-order valence-corrected chi connectivity index (χ2v) is 6.03. The Morgan fingerprint density at radius 3 is 3.00 bits per heavy atom. The number of anilines is 1. The fraction of sp³-hybridized carbons (Fsp3) is 0.500. The third kappa shape index (κ3) is 4.74. The van der Waals surface area contributed by atoms with Crippen LogP contribution in [0.3, 0.4) is 0 Å². The average Bonchev–Trinajstić information content (AvgIpc) is 2.41. The number of morpholine rings is 1. The largest absolute Gasteiger partial charge is 0.394 e. The molecule has 0 radical (unpaired) electrons. The van der Waals surface area contributed by atoms with Crippen LogP contribution in [0.4, 0.5) is 10.1 Å². The van der Waals surface area contributed by atoms with Crippen LogP contribution in [0.15, 0.2) is 22.7 Å². The number of benzene rings is 1. The molecule has 0 spiro atoms. The van der Waals surface area contributed by atoms with Gasteiger partial charge < -0.3 is 15.2 Å². The standard InChI is InChI=1S/C14H18BrFN2O3/c1-9-5-18(6-11(8-19)21-9)7-14(20)17-13-3-2-10(15)4-12(13)16/h2-4,9,11,19H,5-8H2,1H3,(H,17,20). The van der Waals surface area contributed by atoms with E-state index >= 15 is 0 Å². The number of ether oxygens (including phenoxy) is 1. The smallest absolute Gasteiger partial charge is 0.238 e. The topological polar surface area (TPSA) is 61.8 Å². The summed E-state index contributed by atoms with van der Waals surface area (Å²) in [6.07, 6.45) is -0.334. The highest BCUT2D eigenvalue weighted by atomic mass is 79.9. The van der Waals surface area contributed by atoms with Crippen molar-refractivity contribution in [3.63, 3.8) is 0 Å². The van der Waals surface area contributed by atoms with E-state index in [0.717, 1.165) is 0 Å². The molecule has 1 aliphatic rings. The SMILES string of the molecule is CC1CN(CC(=O)Nc2ccc(Br)cc2F)CC(CO)O1. The van der Waals surface area contributed by atoms with E-state index in [0.29, 0.717) is 17.6 Å². The van der Waals surface area contributed by atoms with Gasteiger partial charge in [0.05, 0.1) is 31.0 Å². The van der Waals surface area contributed by atoms with Gasteiger partial charge in [-0.1, -0.05) is 15.9 Å². The Labute approximate surface area is 131 Å². The van der Waals surface area contributed by atoms with E-state index in [4.69, 9.17) is 9.84 Å². The maximum absolute atomic E-state index is 13.7. The van der Waals surface area contributed by atoms with Crippen molar-refractivity contribution in [1.29, 1.82) is 0 Å². The lowest BCUT2D eigenvalue weighted by molar-refractivity contribution is -0.124. The normalized spacial score (nSPS) is 23.0. The lowest BCUT2D eigenvalue weighted by atomic mass is 10.2. The highest BCUT2D eigenvalue weighted by molar-refractivity contribution is 9.10. The summed E-state index contributed by atoms with van der Waals surface area (Å²) in [7, 11) is 0. The number of carbonyl (C=O) groups is 1. The van der Waals surface area contributed by atoms with Gasteiger partial charge in [0.25, 0.3) is 0 Å². The number of hydrogen-bond acceptors (Lipinski definition) is 4. The number of halogens is 2. The molecule has 1 amide bonds. The van der Waals surface area contributed by atoms with Crippen molar-refractivity contribution in [3.05, 3.63) is 28.5 Å². The molecule has 21 heavy (non-hydrogen) atoms. The van der Waals surface area contributed by atoms with Crippen LogP contribution in [0.1, 0.15) is 6.92 Å². The molecule has 1 aliphatic heterocycles. The summed E-state index contributed by atoms with van der Waals surface area (Å²) in [5.74, 6) is -0.775. The van der Waals surface area contributed by atoms with E-state index in [1.165, 1.54) is 12.1 Å². The predicted octanol–water partition coefficient (Wildman–Crippen LogP) is 1.61. The van der Waals surface area contributed by atoms with Crippen molar-refractivity contribution < 1.29 is 19.0 Å². The molecule has 2 N–H and O–H groups in total. The fourth-order valence-corrected chi connectivity index (χ4v) is 2.69. The maximum atomic E-state index is 13.7. The van der Waals surface area contributed by atoms with Crippen LogP contribution in [0.5, 0.6) is 0 Å². The molecule has 116 valence electrons. The molecule has 1 fully saturated rings. The van der Waals surface area contributed by atoms with Crippen LogP contribution in [-0.4, -0.2) is 54.4 Å². The monoisotopic (exact) mass is 360 g/mol. The molecule has 0 aliphatic carbocycles. The maximum Gasteiger partial charge on any atom is 0.238 e. The highest BCUT2D eigenvalue weighted by Gasteiger charge is 2.26. The second-order valence-electron chi connectivity index (χ2n) is 5.12. The van der Waals surface area contributed by atoms with E-state index in [1.807, 2.05) is 11.8 Å². The quantitative estimate of drug-likeness (QED) is 0.856. The van der Waals surface area contributed by atoms with Crippen LogP contribution < -0.4 is 5.32 Å². The van der Waals surface area contributed by atoms with Gasteiger partial charge in [-0.3, -0.25) is 9.69 Å². The summed E-state index contributed by atoms with van der Waals surface area (Å²) in [6, 6.07) is 4.47. The first kappa shape index (κ1) is 16.4. The Hall–Kier alpha value is -1.02. The van der Waals surface area contributed by atoms with Crippen LogP contribution in [0.25, 0.3) is 0 Å². The third-order valence-electron chi connectivity index (χ3n) is 3.18. The second kappa shape index (κ2) is 7.31. The molecule has 1 aromatic rings. The minimum atomic E-state index is -0.485. The Kier molecular flexibility index (Phi) is 5.69. The number of rotatable bonds is 4. The summed E-state index contributed by atoms with van der Waals surface area (Å²) in [5.41, 5.74) is 0.156. The van der Waals surface area contributed by atoms with Crippen molar-refractivity contribution >= 4 is 27.5 Å². The van der Waals surface area contributed by atoms with Gasteiger partial charge in [-0.25, -0.2) is 4.39 Å². The minimum absolute atomic E-state index is 0.0480. The van der Waals surface area contributed by atoms with Gasteiger partial charge in [0.1, 0.15) is 5.82 Å². The van der Waals surface area contributed by atoms with Crippen LogP contribution in [-0.2, 0) is 9.53 Å². The summed E-state index contributed by atoms with van der Waals surface area (Å²) < 4.78 is 19.8. The van der Waals surface area contributed by atoms with Crippen LogP contribution in [0.2, 0.25) is 0 Å². The van der Waals surface area contributed by atoms with Crippen LogP contribution in [0, 0.1) is 5.82 Å². The Morgan fingerprint density at radius 1 is 1.57 bits per heavy atom. The van der Waals surface area contributed by atoms with E-state index in [1.54, 1.807) is 6.07 Å². The van der Waals surface area contributed by atoms with Gasteiger partial charge in [-0.2, -0.15) is 0 Å². The number of aliphatic hydroxyl groups is 1. The number of nitrogens with one attached hydrogen (secondary N) is 1. The first-order chi connectivity index (χ1) is 9.97. The molecular weight excluding hydrogens is 343 g/mol. The zero-order chi connectivity index (χ0) is 15.4. The highest BCUT2D eigenvalue weighted by Crippen LogP contribution is 2.19. The van der Waals surface area contributed by atoms with Crippen molar-refractivity contribution in [2.24, 2.45) is 0 Å². The lowest BCUT2D eigenvalue weighted by Crippen LogP contribution is -2.50. The van der Waals surface area contributed by atoms with E-state index in [9.17, 15) is 9.18 Å². The molecule has 0 bridgehead atoms. The van der Waals surface area contributed by atoms with Gasteiger partial charge in [-0.15, -0.1) is 0 Å². The Balaban J connectivity index is 1.92. The molecular formula is C14H18BrFN2O3. The number of amides is 1. The van der Waals surface area contributed by atoms with Gasteiger partial charge in [0.2, 0.25) is 5.91 Å². The Morgan fingerprint density at radius 2 is 2.33 bits per heavy atom. The zero-order valence-corrected chi connectivity index (χ0v) is 13.3. The summed E-state index contributed by atoms with van der Waals surface area (Å²) in [5, 5.41) is 11.7. The van der Waals surface area contributed by atoms with E-state index < -0.39 is 5.82 Å². The molecule has 0 aromatic heterocycles. The molecule has 2 atom stereocenters. The van der Waals surface area contributed by atoms with Crippen molar-refractivity contribution in [2.45, 2.75) is 19.1 Å². The zero-order valence-electron chi connectivity index (χ0n) is 11.7. The number of hydrogen-bond donors (Lipinski definition) is 2. The summed E-state index contributed by atoms with van der Waals surface area (Å²) >= 11 is 3.16. The molecule has 1 heterocycles. The molecule has 1 aromatic carbocycles. The van der Waals surface area contributed by atoms with E-state index in [2.05, 4.69) is 21.2 Å². The van der Waals surface area contributed by atoms with Gasteiger partial charge >= 0.3 is 0 Å². The number of carbonyl (C=O) groups excluding carboxylic acids is 1. The van der Waals surface area contributed by atoms with Crippen LogP contribution >= 0.6 is 15.9 Å². The summed E-state index contributed by atoms with van der Waals surface area (Å²) in [6.45, 7) is 3.04. The van der Waals surface area contributed by atoms with Crippen molar-refractivity contribution in [1.82, 2.24) is 4.90 Å². The fourth-order valence-electron chi connectivity index (χ4n) is 2.35. The molecule has 1 saturated heterocycles. The lowest BCUT2D eigenvalue weighted by Gasteiger charge is -2.35. The number of aliphatic hydroxyl groups excluding tert-OH is 1. The Bertz CT molecular complexity index is 515. The van der Waals surface area contributed by atoms with Crippen molar-refractivity contribution in [3.8, 4) is 0 Å². The molecule has 2 rings (SSSR count). The number of nitrogens with zero attached hydrogens (tertiary/aromatic N) is 1.